The number of imidazole rings is 1. The first kappa shape index (κ1) is 26.7. The lowest BCUT2D eigenvalue weighted by Gasteiger charge is -2.35. The number of fused-ring (bicyclic) bond motifs is 1. The minimum absolute atomic E-state index is 0.0356. The largest absolute Gasteiger partial charge is 0.416 e. The van der Waals surface area contributed by atoms with Crippen molar-refractivity contribution in [1.29, 1.82) is 0 Å². The monoisotopic (exact) mass is 565 g/mol. The van der Waals surface area contributed by atoms with Crippen molar-refractivity contribution < 1.29 is 27.9 Å². The van der Waals surface area contributed by atoms with Gasteiger partial charge in [-0.25, -0.2) is 15.0 Å². The predicted octanol–water partition coefficient (Wildman–Crippen LogP) is 3.73. The van der Waals surface area contributed by atoms with Crippen LogP contribution in [0.15, 0.2) is 55.0 Å². The predicted molar refractivity (Wildman–Crippen MR) is 143 cm³/mol. The van der Waals surface area contributed by atoms with Crippen LogP contribution in [0.2, 0.25) is 0 Å². The number of carbonyl (C=O) groups is 2. The summed E-state index contributed by atoms with van der Waals surface area (Å²) >= 11 is 0. The average molecular weight is 566 g/mol. The maximum Gasteiger partial charge on any atom is 0.416 e. The van der Waals surface area contributed by atoms with Gasteiger partial charge in [0.15, 0.2) is 0 Å². The zero-order valence-electron chi connectivity index (χ0n) is 21.7. The highest BCUT2D eigenvalue weighted by Crippen LogP contribution is 2.37. The lowest BCUT2D eigenvalue weighted by Crippen LogP contribution is -2.46. The van der Waals surface area contributed by atoms with E-state index in [1.165, 1.54) is 12.1 Å². The maximum absolute atomic E-state index is 13.0. The van der Waals surface area contributed by atoms with E-state index in [4.69, 9.17) is 10.7 Å². The van der Waals surface area contributed by atoms with Crippen molar-refractivity contribution in [3.63, 3.8) is 0 Å². The molecule has 6 rings (SSSR count). The van der Waals surface area contributed by atoms with Crippen LogP contribution in [-0.4, -0.2) is 60.4 Å². The van der Waals surface area contributed by atoms with Gasteiger partial charge < -0.3 is 21.1 Å². The van der Waals surface area contributed by atoms with Crippen LogP contribution in [-0.2, 0) is 11.0 Å². The molecule has 4 aromatic rings. The van der Waals surface area contributed by atoms with Crippen LogP contribution in [0.25, 0.3) is 16.8 Å². The van der Waals surface area contributed by atoms with Gasteiger partial charge in [-0.1, -0.05) is 12.1 Å². The minimum Gasteiger partial charge on any atom is -0.391 e. The van der Waals surface area contributed by atoms with Gasteiger partial charge in [0.2, 0.25) is 5.91 Å². The van der Waals surface area contributed by atoms with Crippen molar-refractivity contribution in [1.82, 2.24) is 24.3 Å². The molecule has 1 aliphatic heterocycles. The Bertz CT molecular complexity index is 1630. The molecule has 2 atom stereocenters. The normalized spacial score (nSPS) is 19.4. The van der Waals surface area contributed by atoms with Crippen LogP contribution in [0.4, 0.5) is 24.8 Å². The van der Waals surface area contributed by atoms with Crippen molar-refractivity contribution in [3.8, 4) is 11.3 Å². The smallest absolute Gasteiger partial charge is 0.391 e. The number of alkyl halides is 3. The van der Waals surface area contributed by atoms with Crippen molar-refractivity contribution >= 4 is 29.0 Å². The number of anilines is 2. The summed E-state index contributed by atoms with van der Waals surface area (Å²) in [4.78, 5) is 40.1. The van der Waals surface area contributed by atoms with Gasteiger partial charge >= 0.3 is 6.18 Å². The van der Waals surface area contributed by atoms with Crippen LogP contribution in [0.1, 0.15) is 46.9 Å². The van der Waals surface area contributed by atoms with Crippen LogP contribution in [0.3, 0.4) is 0 Å². The SMILES string of the molecule is Nc1nccn2c(C3CC(O)CN(C(=O)C4CC4)C3)nc(-c3ccc(C(=O)Nc4cc(C(F)(F)F)ccn4)cc3)c12. The molecular formula is C28H26F3N7O3. The number of aliphatic hydroxyl groups is 1. The number of aliphatic hydroxyl groups excluding tert-OH is 1. The quantitative estimate of drug-likeness (QED) is 0.335. The number of aromatic nitrogens is 4. The molecule has 1 saturated carbocycles. The molecule has 0 radical (unpaired) electrons. The van der Waals surface area contributed by atoms with Crippen molar-refractivity contribution in [2.45, 2.75) is 37.5 Å². The number of pyridine rings is 1. The first-order chi connectivity index (χ1) is 19.6. The summed E-state index contributed by atoms with van der Waals surface area (Å²) in [5.74, 6) is -0.124. The van der Waals surface area contributed by atoms with Gasteiger partial charge in [-0.3, -0.25) is 14.0 Å². The summed E-state index contributed by atoms with van der Waals surface area (Å²) < 4.78 is 40.9. The molecule has 1 saturated heterocycles. The van der Waals surface area contributed by atoms with Crippen molar-refractivity contribution in [3.05, 3.63) is 71.9 Å². The number of rotatable bonds is 5. The molecule has 13 heteroatoms. The molecule has 2 fully saturated rings. The Morgan fingerprint density at radius 3 is 2.51 bits per heavy atom. The highest BCUT2D eigenvalue weighted by molar-refractivity contribution is 6.04. The molecule has 41 heavy (non-hydrogen) atoms. The second-order valence-electron chi connectivity index (χ2n) is 10.4. The summed E-state index contributed by atoms with van der Waals surface area (Å²) in [6, 6.07) is 7.96. The fourth-order valence-corrected chi connectivity index (χ4v) is 5.25. The summed E-state index contributed by atoms with van der Waals surface area (Å²) in [6.07, 6.45) is 1.20. The Kier molecular flexibility index (Phi) is 6.60. The third-order valence-corrected chi connectivity index (χ3v) is 7.39. The summed E-state index contributed by atoms with van der Waals surface area (Å²) in [6.45, 7) is 0.723. The summed E-state index contributed by atoms with van der Waals surface area (Å²) in [5.41, 5.74) is 7.23. The number of piperidine rings is 1. The number of nitrogens with two attached hydrogens (primary N) is 1. The van der Waals surface area contributed by atoms with Gasteiger partial charge in [-0.05, 0) is 43.5 Å². The van der Waals surface area contributed by atoms with Gasteiger partial charge in [-0.15, -0.1) is 0 Å². The topological polar surface area (TPSA) is 139 Å². The number of nitrogens with zero attached hydrogens (tertiary/aromatic N) is 5. The number of benzene rings is 1. The number of nitrogens with one attached hydrogen (secondary N) is 1. The molecule has 3 aromatic heterocycles. The number of amides is 2. The third kappa shape index (κ3) is 5.32. The van der Waals surface area contributed by atoms with E-state index in [0.29, 0.717) is 42.1 Å². The second-order valence-corrected chi connectivity index (χ2v) is 10.4. The highest BCUT2D eigenvalue weighted by Gasteiger charge is 2.39. The fraction of sp³-hybridized carbons (Fsp3) is 0.321. The number of hydrogen-bond donors (Lipinski definition) is 3. The number of β-amino-alcohol motifs (C(OH)–C–C–N with tert-alkyl or cyclic N) is 1. The van der Waals surface area contributed by atoms with E-state index in [0.717, 1.165) is 31.2 Å². The Morgan fingerprint density at radius 2 is 1.80 bits per heavy atom. The zero-order valence-corrected chi connectivity index (χ0v) is 21.7. The minimum atomic E-state index is -4.56. The van der Waals surface area contributed by atoms with E-state index in [2.05, 4.69) is 15.3 Å². The number of halogens is 3. The van der Waals surface area contributed by atoms with Crippen LogP contribution in [0.5, 0.6) is 0 Å². The summed E-state index contributed by atoms with van der Waals surface area (Å²) in [5, 5.41) is 13.0. The molecule has 0 spiro atoms. The molecule has 212 valence electrons. The molecule has 1 aromatic carbocycles. The lowest BCUT2D eigenvalue weighted by atomic mass is 9.94. The van der Waals surface area contributed by atoms with Gasteiger partial charge in [0.05, 0.1) is 11.7 Å². The Labute approximate surface area is 232 Å². The molecular weight excluding hydrogens is 539 g/mol. The number of hydrogen-bond acceptors (Lipinski definition) is 7. The first-order valence-electron chi connectivity index (χ1n) is 13.1. The Hall–Kier alpha value is -4.52. The van der Waals surface area contributed by atoms with Crippen LogP contribution < -0.4 is 11.1 Å². The molecule has 2 aliphatic rings. The van der Waals surface area contributed by atoms with Gasteiger partial charge in [0.1, 0.15) is 28.7 Å². The van der Waals surface area contributed by atoms with E-state index < -0.39 is 23.8 Å². The van der Waals surface area contributed by atoms with Crippen LogP contribution >= 0.6 is 0 Å². The number of carbonyl (C=O) groups excluding carboxylic acids is 2. The number of likely N-dealkylation sites (tertiary alicyclic amines) is 1. The van der Waals surface area contributed by atoms with Gasteiger partial charge in [0, 0.05) is 54.6 Å². The maximum atomic E-state index is 13.0. The third-order valence-electron chi connectivity index (χ3n) is 7.39. The second kappa shape index (κ2) is 10.1. The van der Waals surface area contributed by atoms with E-state index in [-0.39, 0.29) is 34.9 Å². The van der Waals surface area contributed by atoms with Gasteiger partial charge in [0.25, 0.3) is 5.91 Å². The van der Waals surface area contributed by atoms with E-state index >= 15 is 0 Å². The van der Waals surface area contributed by atoms with E-state index in [1.54, 1.807) is 29.4 Å². The molecule has 4 heterocycles. The molecule has 0 bridgehead atoms. The number of nitrogen functional groups attached to an aromatic ring is 1. The summed E-state index contributed by atoms with van der Waals surface area (Å²) in [7, 11) is 0. The van der Waals surface area contributed by atoms with Crippen LogP contribution in [0, 0.1) is 5.92 Å². The molecule has 10 nitrogen and oxygen atoms in total. The molecule has 1 aliphatic carbocycles. The van der Waals surface area contributed by atoms with Crippen molar-refractivity contribution in [2.24, 2.45) is 5.92 Å². The Balaban J connectivity index is 1.28. The zero-order chi connectivity index (χ0) is 28.9. The van der Waals surface area contributed by atoms with E-state index in [1.807, 2.05) is 4.40 Å². The standard InChI is InChI=1S/C28H26F3N7O3/c29-28(30,31)19-7-8-33-21(12-19)35-26(40)16-3-1-15(2-4-16)22-23-24(32)34-9-10-38(23)25(36-22)18-11-20(39)14-37(13-18)27(41)17-5-6-17/h1-4,7-10,12,17-18,20,39H,5-6,11,13-14H2,(H2,32,34)(H,33,35,40). The van der Waals surface area contributed by atoms with Crippen molar-refractivity contribution in [2.75, 3.05) is 24.1 Å². The Morgan fingerprint density at radius 1 is 1.05 bits per heavy atom. The van der Waals surface area contributed by atoms with E-state index in [9.17, 15) is 27.9 Å². The molecule has 4 N–H and O–H groups in total. The fourth-order valence-electron chi connectivity index (χ4n) is 5.25. The first-order valence-corrected chi connectivity index (χ1v) is 13.1. The lowest BCUT2D eigenvalue weighted by molar-refractivity contribution is -0.137. The van der Waals surface area contributed by atoms with Gasteiger partial charge in [-0.2, -0.15) is 13.2 Å². The highest BCUT2D eigenvalue weighted by atomic mass is 19.4. The molecule has 2 amide bonds. The average Bonchev–Trinajstić information content (AvgIpc) is 3.72. The molecule has 2 unspecified atom stereocenters.